The Kier molecular flexibility index (Phi) is 11.4. The number of anilines is 2. The molecule has 4 aromatic heterocycles. The van der Waals surface area contributed by atoms with Crippen molar-refractivity contribution < 1.29 is 9.59 Å². The molecule has 6 heterocycles. The first kappa shape index (κ1) is 38.3. The van der Waals surface area contributed by atoms with Gasteiger partial charge >= 0.3 is 0 Å². The van der Waals surface area contributed by atoms with Crippen LogP contribution in [-0.4, -0.2) is 24.9 Å². The number of carbonyl (C=O) groups is 2. The van der Waals surface area contributed by atoms with Crippen molar-refractivity contribution in [3.63, 3.8) is 0 Å². The van der Waals surface area contributed by atoms with Crippen molar-refractivity contribution in [2.45, 2.75) is 46.5 Å². The van der Waals surface area contributed by atoms with Gasteiger partial charge in [0.2, 0.25) is 0 Å². The molecular formula is C48H39N3O2S4. The van der Waals surface area contributed by atoms with E-state index < -0.39 is 0 Å². The third-order valence-corrected chi connectivity index (χ3v) is 13.8. The molecule has 0 saturated carbocycles. The Hall–Kier alpha value is -5.55. The van der Waals surface area contributed by atoms with Crippen molar-refractivity contribution in [3.8, 4) is 38.8 Å². The SMILES string of the molecule is CCCC#CC(=Cc1ccc(-c2ccc3c(c2)N(CCC)C(=O)C3=C2C(=O)N(CCC)c3cc(-c4ccc(C=C(C#N)c5cccs5)s4)ccc32)s1)c1cccs1. The van der Waals surface area contributed by atoms with Gasteiger partial charge in [0.15, 0.2) is 0 Å². The molecule has 0 unspecified atom stereocenters. The van der Waals surface area contributed by atoms with Crippen LogP contribution >= 0.6 is 45.3 Å². The number of allylic oxidation sites excluding steroid dienone is 2. The molecule has 0 bridgehead atoms. The zero-order valence-corrected chi connectivity index (χ0v) is 35.2. The first-order valence-electron chi connectivity index (χ1n) is 19.2. The largest absolute Gasteiger partial charge is 0.308 e. The van der Waals surface area contributed by atoms with Gasteiger partial charge in [-0.1, -0.05) is 69.0 Å². The molecule has 2 amide bonds. The Morgan fingerprint density at radius 1 is 0.649 bits per heavy atom. The number of rotatable bonds is 11. The topological polar surface area (TPSA) is 64.4 Å². The van der Waals surface area contributed by atoms with Crippen LogP contribution in [0.15, 0.2) is 95.7 Å². The third-order valence-electron chi connectivity index (χ3n) is 9.87. The van der Waals surface area contributed by atoms with E-state index in [1.807, 2.05) is 57.7 Å². The number of nitrogens with zero attached hydrogens (tertiary/aromatic N) is 3. The molecule has 0 radical (unpaired) electrons. The van der Waals surface area contributed by atoms with E-state index in [1.54, 1.807) is 45.3 Å². The highest BCUT2D eigenvalue weighted by Crippen LogP contribution is 2.49. The quantitative estimate of drug-likeness (QED) is 0.0743. The van der Waals surface area contributed by atoms with Crippen LogP contribution in [-0.2, 0) is 9.59 Å². The number of hydrogen-bond donors (Lipinski definition) is 0. The molecule has 6 aromatic rings. The predicted molar refractivity (Wildman–Crippen MR) is 244 cm³/mol. The van der Waals surface area contributed by atoms with E-state index in [1.165, 1.54) is 0 Å². The van der Waals surface area contributed by atoms with E-state index in [2.05, 4.69) is 98.7 Å². The molecule has 0 N–H and O–H groups in total. The van der Waals surface area contributed by atoms with Crippen LogP contribution in [0.4, 0.5) is 11.4 Å². The summed E-state index contributed by atoms with van der Waals surface area (Å²) >= 11 is 6.56. The minimum atomic E-state index is -0.136. The normalized spacial score (nSPS) is 15.2. The Labute approximate surface area is 350 Å². The Morgan fingerprint density at radius 2 is 1.16 bits per heavy atom. The van der Waals surface area contributed by atoms with Crippen molar-refractivity contribution in [1.29, 1.82) is 5.26 Å². The lowest BCUT2D eigenvalue weighted by Crippen LogP contribution is -2.29. The van der Waals surface area contributed by atoms with Crippen LogP contribution < -0.4 is 9.80 Å². The second kappa shape index (κ2) is 16.9. The predicted octanol–water partition coefficient (Wildman–Crippen LogP) is 13.1. The summed E-state index contributed by atoms with van der Waals surface area (Å²) in [6, 6.07) is 31.1. The minimum Gasteiger partial charge on any atom is -0.308 e. The van der Waals surface area contributed by atoms with Crippen LogP contribution in [0.2, 0.25) is 0 Å². The van der Waals surface area contributed by atoms with E-state index in [0.717, 1.165) is 94.1 Å². The summed E-state index contributed by atoms with van der Waals surface area (Å²) < 4.78 is 0. The van der Waals surface area contributed by atoms with Crippen LogP contribution in [0, 0.1) is 23.2 Å². The maximum Gasteiger partial charge on any atom is 0.259 e. The van der Waals surface area contributed by atoms with Gasteiger partial charge in [0.05, 0.1) is 28.1 Å². The van der Waals surface area contributed by atoms with Crippen molar-refractivity contribution in [2.24, 2.45) is 0 Å². The van der Waals surface area contributed by atoms with Crippen LogP contribution in [0.3, 0.4) is 0 Å². The van der Waals surface area contributed by atoms with Crippen LogP contribution in [0.25, 0.3) is 55.3 Å². The summed E-state index contributed by atoms with van der Waals surface area (Å²) in [5, 5.41) is 13.9. The maximum atomic E-state index is 14.5. The Balaban J connectivity index is 1.16. The number of benzene rings is 2. The average Bonchev–Trinajstić information content (AvgIpc) is 4.09. The van der Waals surface area contributed by atoms with Crippen LogP contribution in [0.1, 0.15) is 77.1 Å². The minimum absolute atomic E-state index is 0.129. The number of nitriles is 1. The molecule has 0 saturated heterocycles. The van der Waals surface area contributed by atoms with E-state index in [-0.39, 0.29) is 11.8 Å². The lowest BCUT2D eigenvalue weighted by atomic mass is 9.95. The van der Waals surface area contributed by atoms with E-state index in [4.69, 9.17) is 0 Å². The molecule has 0 fully saturated rings. The van der Waals surface area contributed by atoms with Gasteiger partial charge in [0.1, 0.15) is 6.07 Å². The van der Waals surface area contributed by atoms with Gasteiger partial charge in [0, 0.05) is 65.5 Å². The van der Waals surface area contributed by atoms with Gasteiger partial charge < -0.3 is 9.80 Å². The molecule has 2 aliphatic heterocycles. The smallest absolute Gasteiger partial charge is 0.259 e. The van der Waals surface area contributed by atoms with Crippen molar-refractivity contribution in [3.05, 3.63) is 126 Å². The van der Waals surface area contributed by atoms with E-state index in [9.17, 15) is 14.9 Å². The Morgan fingerprint density at radius 3 is 1.61 bits per heavy atom. The molecule has 9 heteroatoms. The number of thiophene rings is 4. The molecule has 2 aliphatic rings. The van der Waals surface area contributed by atoms with E-state index in [0.29, 0.717) is 29.8 Å². The monoisotopic (exact) mass is 817 g/mol. The van der Waals surface area contributed by atoms with Gasteiger partial charge in [-0.2, -0.15) is 5.26 Å². The van der Waals surface area contributed by atoms with Gasteiger partial charge in [-0.3, -0.25) is 9.59 Å². The summed E-state index contributed by atoms with van der Waals surface area (Å²) in [5.41, 5.74) is 7.89. The summed E-state index contributed by atoms with van der Waals surface area (Å²) in [6.07, 6.45) is 7.56. The first-order valence-corrected chi connectivity index (χ1v) is 22.6. The number of hydrogen-bond acceptors (Lipinski definition) is 7. The molecule has 2 aromatic carbocycles. The van der Waals surface area contributed by atoms with Crippen molar-refractivity contribution >= 4 is 103 Å². The highest BCUT2D eigenvalue weighted by Gasteiger charge is 2.42. The van der Waals surface area contributed by atoms with E-state index >= 15 is 0 Å². The summed E-state index contributed by atoms with van der Waals surface area (Å²) in [5.74, 6) is 6.44. The summed E-state index contributed by atoms with van der Waals surface area (Å²) in [6.45, 7) is 7.38. The fraction of sp³-hybridized carbons (Fsp3) is 0.188. The fourth-order valence-corrected chi connectivity index (χ4v) is 10.5. The highest BCUT2D eigenvalue weighted by molar-refractivity contribution is 7.17. The summed E-state index contributed by atoms with van der Waals surface area (Å²) in [4.78, 5) is 39.0. The molecule has 8 rings (SSSR count). The van der Waals surface area contributed by atoms with Crippen molar-refractivity contribution in [1.82, 2.24) is 0 Å². The molecular weight excluding hydrogens is 779 g/mol. The number of unbranched alkanes of at least 4 members (excludes halogenated alkanes) is 1. The standard InChI is InChI=1S/C48H39N3O2S4/c1-4-7-8-11-31(41-12-9-24-54-41)26-35-16-20-43(56-35)32-14-18-37-39(28-32)50(22-5-2)47(52)45(37)46-38-19-15-33(29-40(38)51(23-6-3)48(46)53)44-21-17-36(57-44)27-34(30-49)42-13-10-25-55-42/h9-10,12-21,24-29H,4-7,22-23H2,1-3H3. The first-order chi connectivity index (χ1) is 27.9. The van der Waals surface area contributed by atoms with Gasteiger partial charge in [0.25, 0.3) is 11.8 Å². The lowest BCUT2D eigenvalue weighted by Gasteiger charge is -2.17. The summed E-state index contributed by atoms with van der Waals surface area (Å²) in [7, 11) is 0. The zero-order valence-electron chi connectivity index (χ0n) is 31.9. The molecule has 0 spiro atoms. The molecule has 0 aliphatic carbocycles. The number of amides is 2. The highest BCUT2D eigenvalue weighted by atomic mass is 32.1. The second-order valence-corrected chi connectivity index (χ2v) is 17.9. The lowest BCUT2D eigenvalue weighted by molar-refractivity contribution is -0.114. The third kappa shape index (κ3) is 7.53. The van der Waals surface area contributed by atoms with Gasteiger partial charge in [-0.15, -0.1) is 45.3 Å². The average molecular weight is 818 g/mol. The maximum absolute atomic E-state index is 14.5. The number of fused-ring (bicyclic) bond motifs is 2. The molecule has 282 valence electrons. The molecule has 57 heavy (non-hydrogen) atoms. The van der Waals surface area contributed by atoms with Crippen LogP contribution in [0.5, 0.6) is 0 Å². The van der Waals surface area contributed by atoms with Gasteiger partial charge in [-0.25, -0.2) is 0 Å². The number of carbonyl (C=O) groups excluding carboxylic acids is 2. The Bertz CT molecular complexity index is 2690. The second-order valence-electron chi connectivity index (χ2n) is 13.8. The fourth-order valence-electron chi connectivity index (χ4n) is 7.26. The van der Waals surface area contributed by atoms with Crippen molar-refractivity contribution in [2.75, 3.05) is 22.9 Å². The molecule has 5 nitrogen and oxygen atoms in total. The zero-order chi connectivity index (χ0) is 39.5. The molecule has 0 atom stereocenters. The van der Waals surface area contributed by atoms with Gasteiger partial charge in [-0.05, 0) is 102 Å².